The van der Waals surface area contributed by atoms with Crippen molar-refractivity contribution in [2.75, 3.05) is 45.8 Å². The first kappa shape index (κ1) is 24.2. The smallest absolute Gasteiger partial charge is 0.253 e. The van der Waals surface area contributed by atoms with Crippen LogP contribution in [0.25, 0.3) is 0 Å². The molecule has 0 aliphatic carbocycles. The van der Waals surface area contributed by atoms with Crippen LogP contribution in [0, 0.1) is 18.8 Å². The average Bonchev–Trinajstić information content (AvgIpc) is 3.22. The van der Waals surface area contributed by atoms with Gasteiger partial charge in [0.05, 0.1) is 6.54 Å². The quantitative estimate of drug-likeness (QED) is 0.578. The van der Waals surface area contributed by atoms with Crippen LogP contribution in [0.3, 0.4) is 0 Å². The molecule has 2 unspecified atom stereocenters. The number of hydrogen-bond acceptors (Lipinski definition) is 6. The molecule has 1 aromatic heterocycles. The summed E-state index contributed by atoms with van der Waals surface area (Å²) >= 11 is 3.40. The van der Waals surface area contributed by atoms with Crippen molar-refractivity contribution < 1.29 is 9.59 Å². The van der Waals surface area contributed by atoms with E-state index < -0.39 is 0 Å². The maximum atomic E-state index is 13.0. The van der Waals surface area contributed by atoms with Gasteiger partial charge in [0, 0.05) is 61.7 Å². The fraction of sp³-hybridized carbons (Fsp3) is 0.560. The molecule has 0 saturated carbocycles. The Bertz CT molecular complexity index is 944. The Morgan fingerprint density at radius 3 is 2.30 bits per heavy atom. The number of nitrogens with zero attached hydrogens (tertiary/aromatic N) is 4. The monoisotopic (exact) mass is 486 g/mol. The van der Waals surface area contributed by atoms with E-state index in [-0.39, 0.29) is 11.8 Å². The highest BCUT2D eigenvalue weighted by molar-refractivity contribution is 8.00. The molecule has 0 N–H and O–H groups in total. The zero-order valence-corrected chi connectivity index (χ0v) is 21.5. The lowest BCUT2D eigenvalue weighted by molar-refractivity contribution is -0.135. The number of aromatic nitrogens is 1. The van der Waals surface area contributed by atoms with Gasteiger partial charge in [-0.05, 0) is 42.9 Å². The first-order valence-electron chi connectivity index (χ1n) is 11.8. The predicted octanol–water partition coefficient (Wildman–Crippen LogP) is 4.01. The van der Waals surface area contributed by atoms with E-state index in [1.54, 1.807) is 23.1 Å². The van der Waals surface area contributed by atoms with E-state index in [9.17, 15) is 9.59 Å². The number of piperidine rings is 1. The van der Waals surface area contributed by atoms with Crippen molar-refractivity contribution in [1.82, 2.24) is 19.7 Å². The van der Waals surface area contributed by atoms with E-state index in [2.05, 4.69) is 29.1 Å². The third kappa shape index (κ3) is 6.58. The molecule has 2 aliphatic heterocycles. The molecule has 178 valence electrons. The molecule has 0 radical (unpaired) electrons. The number of carbonyl (C=O) groups excluding carboxylic acids is 2. The molecule has 1 aromatic carbocycles. The summed E-state index contributed by atoms with van der Waals surface area (Å²) in [5.74, 6) is 2.31. The molecule has 0 bridgehead atoms. The Morgan fingerprint density at radius 2 is 1.70 bits per heavy atom. The Kier molecular flexibility index (Phi) is 8.09. The fourth-order valence-corrected chi connectivity index (χ4v) is 6.54. The van der Waals surface area contributed by atoms with Crippen LogP contribution < -0.4 is 0 Å². The van der Waals surface area contributed by atoms with Crippen molar-refractivity contribution in [3.63, 3.8) is 0 Å². The molecule has 8 heteroatoms. The molecule has 2 saturated heterocycles. The number of rotatable bonds is 6. The summed E-state index contributed by atoms with van der Waals surface area (Å²) in [5.41, 5.74) is 2.98. The molecular weight excluding hydrogens is 452 g/mol. The zero-order chi connectivity index (χ0) is 23.4. The van der Waals surface area contributed by atoms with Crippen LogP contribution in [0.1, 0.15) is 41.9 Å². The zero-order valence-electron chi connectivity index (χ0n) is 19.8. The van der Waals surface area contributed by atoms with Gasteiger partial charge in [-0.2, -0.15) is 0 Å². The van der Waals surface area contributed by atoms with Gasteiger partial charge in [0.15, 0.2) is 0 Å². The first-order valence-corrected chi connectivity index (χ1v) is 13.7. The Morgan fingerprint density at radius 1 is 1.03 bits per heavy atom. The highest BCUT2D eigenvalue weighted by atomic mass is 32.2. The summed E-state index contributed by atoms with van der Waals surface area (Å²) in [7, 11) is 0. The predicted molar refractivity (Wildman–Crippen MR) is 135 cm³/mol. The number of thiazole rings is 1. The summed E-state index contributed by atoms with van der Waals surface area (Å²) in [4.78, 5) is 36.3. The number of amides is 2. The van der Waals surface area contributed by atoms with Gasteiger partial charge in [-0.15, -0.1) is 11.3 Å². The Hall–Kier alpha value is -1.90. The molecular formula is C25H34N4O2S2. The van der Waals surface area contributed by atoms with Gasteiger partial charge in [0.1, 0.15) is 4.34 Å². The summed E-state index contributed by atoms with van der Waals surface area (Å²) in [6.07, 6.45) is 1.20. The van der Waals surface area contributed by atoms with E-state index in [0.29, 0.717) is 31.5 Å². The molecule has 2 atom stereocenters. The van der Waals surface area contributed by atoms with Gasteiger partial charge >= 0.3 is 0 Å². The van der Waals surface area contributed by atoms with Gasteiger partial charge in [0.2, 0.25) is 5.91 Å². The Balaban J connectivity index is 1.23. The number of likely N-dealkylation sites (tertiary alicyclic amines) is 1. The minimum Gasteiger partial charge on any atom is -0.341 e. The number of carbonyl (C=O) groups is 2. The SMILES string of the molecule is Cc1csc(SCc2ccc(C(=O)N3CCN(CC(=O)N4CC(C)CC(C)C4)CC3)cc2)n1. The number of piperazine rings is 1. The number of hydrogen-bond donors (Lipinski definition) is 0. The van der Waals surface area contributed by atoms with Gasteiger partial charge < -0.3 is 9.80 Å². The highest BCUT2D eigenvalue weighted by Crippen LogP contribution is 2.26. The van der Waals surface area contributed by atoms with Gasteiger partial charge in [-0.25, -0.2) is 4.98 Å². The summed E-state index contributed by atoms with van der Waals surface area (Å²) in [6.45, 7) is 11.5. The van der Waals surface area contributed by atoms with Crippen molar-refractivity contribution in [2.24, 2.45) is 11.8 Å². The van der Waals surface area contributed by atoms with Crippen LogP contribution in [0.2, 0.25) is 0 Å². The number of benzene rings is 1. The van der Waals surface area contributed by atoms with E-state index in [0.717, 1.165) is 47.5 Å². The molecule has 4 rings (SSSR count). The van der Waals surface area contributed by atoms with Crippen molar-refractivity contribution in [3.8, 4) is 0 Å². The lowest BCUT2D eigenvalue weighted by Crippen LogP contribution is -2.53. The summed E-state index contributed by atoms with van der Waals surface area (Å²) in [6, 6.07) is 7.94. The maximum absolute atomic E-state index is 13.0. The summed E-state index contributed by atoms with van der Waals surface area (Å²) < 4.78 is 1.08. The second-order valence-corrected chi connectivity index (χ2v) is 11.6. The van der Waals surface area contributed by atoms with Crippen molar-refractivity contribution in [1.29, 1.82) is 0 Å². The number of thioether (sulfide) groups is 1. The lowest BCUT2D eigenvalue weighted by Gasteiger charge is -2.38. The van der Waals surface area contributed by atoms with Gasteiger partial charge in [-0.1, -0.05) is 37.7 Å². The summed E-state index contributed by atoms with van der Waals surface area (Å²) in [5, 5.41) is 2.06. The molecule has 0 spiro atoms. The first-order chi connectivity index (χ1) is 15.9. The van der Waals surface area contributed by atoms with Gasteiger partial charge in [0.25, 0.3) is 5.91 Å². The second-order valence-electron chi connectivity index (χ2n) is 9.55. The van der Waals surface area contributed by atoms with E-state index in [1.807, 2.05) is 41.0 Å². The minimum atomic E-state index is 0.0782. The van der Waals surface area contributed by atoms with Crippen LogP contribution in [-0.4, -0.2) is 77.3 Å². The molecule has 3 heterocycles. The fourth-order valence-electron chi connectivity index (χ4n) is 4.74. The average molecular weight is 487 g/mol. The third-order valence-corrected chi connectivity index (χ3v) is 8.61. The van der Waals surface area contributed by atoms with Crippen LogP contribution in [0.4, 0.5) is 0 Å². The van der Waals surface area contributed by atoms with E-state index >= 15 is 0 Å². The van der Waals surface area contributed by atoms with E-state index in [1.165, 1.54) is 12.0 Å². The van der Waals surface area contributed by atoms with Crippen molar-refractivity contribution in [3.05, 3.63) is 46.5 Å². The molecule has 2 aromatic rings. The van der Waals surface area contributed by atoms with Crippen molar-refractivity contribution in [2.45, 2.75) is 37.3 Å². The lowest BCUT2D eigenvalue weighted by atomic mass is 9.92. The Labute approximate surface area is 205 Å². The van der Waals surface area contributed by atoms with Gasteiger partial charge in [-0.3, -0.25) is 14.5 Å². The molecule has 6 nitrogen and oxygen atoms in total. The second kappa shape index (κ2) is 11.0. The molecule has 2 fully saturated rings. The van der Waals surface area contributed by atoms with Crippen LogP contribution in [-0.2, 0) is 10.5 Å². The normalized spacial score (nSPS) is 21.9. The van der Waals surface area contributed by atoms with Crippen LogP contribution >= 0.6 is 23.1 Å². The largest absolute Gasteiger partial charge is 0.341 e. The minimum absolute atomic E-state index is 0.0782. The topological polar surface area (TPSA) is 56.8 Å². The molecule has 33 heavy (non-hydrogen) atoms. The standard InChI is InChI=1S/C25H34N4O2S2/c1-18-12-19(2)14-29(13-18)23(30)15-27-8-10-28(11-9-27)24(31)22-6-4-21(5-7-22)17-33-25-26-20(3)16-32-25/h4-7,16,18-19H,8-15,17H2,1-3H3. The highest BCUT2D eigenvalue weighted by Gasteiger charge is 2.28. The molecule has 2 aliphatic rings. The van der Waals surface area contributed by atoms with Crippen LogP contribution in [0.15, 0.2) is 34.0 Å². The number of aryl methyl sites for hydroxylation is 1. The maximum Gasteiger partial charge on any atom is 0.253 e. The van der Waals surface area contributed by atoms with Crippen molar-refractivity contribution >= 4 is 34.9 Å². The molecule has 2 amide bonds. The van der Waals surface area contributed by atoms with E-state index in [4.69, 9.17) is 0 Å². The van der Waals surface area contributed by atoms with Crippen LogP contribution in [0.5, 0.6) is 0 Å². The third-order valence-electron chi connectivity index (χ3n) is 6.40.